The molecule has 0 bridgehead atoms. The van der Waals surface area contributed by atoms with Crippen molar-refractivity contribution in [3.05, 3.63) is 18.2 Å². The van der Waals surface area contributed by atoms with E-state index >= 15 is 0 Å². The number of carbonyl (C=O) groups excluding carboxylic acids is 1. The normalized spacial score (nSPS) is 11.1. The topological polar surface area (TPSA) is 46.9 Å². The maximum absolute atomic E-state index is 11.5. The van der Waals surface area contributed by atoms with Crippen LogP contribution in [0.1, 0.15) is 45.9 Å². The summed E-state index contributed by atoms with van der Waals surface area (Å²) in [5.41, 5.74) is 0. The Morgan fingerprint density at radius 2 is 2.12 bits per heavy atom. The van der Waals surface area contributed by atoms with Crippen LogP contribution in [0.25, 0.3) is 0 Å². The number of hydrogen-bond acceptors (Lipinski definition) is 2. The average molecular weight is 223 g/mol. The van der Waals surface area contributed by atoms with Crippen molar-refractivity contribution in [1.82, 2.24) is 14.9 Å². The first-order valence-corrected chi connectivity index (χ1v) is 5.81. The third kappa shape index (κ3) is 3.68. The number of carbonyl (C=O) groups is 1. The quantitative estimate of drug-likeness (QED) is 0.829. The smallest absolute Gasteiger partial charge is 0.221 e. The van der Waals surface area contributed by atoms with Crippen LogP contribution in [-0.4, -0.2) is 21.5 Å². The Bertz CT molecular complexity index is 342. The Morgan fingerprint density at radius 3 is 2.69 bits per heavy atom. The third-order valence-corrected chi connectivity index (χ3v) is 2.29. The van der Waals surface area contributed by atoms with E-state index in [1.165, 1.54) is 0 Å². The summed E-state index contributed by atoms with van der Waals surface area (Å²) in [6, 6.07) is 0.208. The Morgan fingerprint density at radius 1 is 1.44 bits per heavy atom. The van der Waals surface area contributed by atoms with Crippen LogP contribution in [0.15, 0.2) is 12.4 Å². The molecule has 0 radical (unpaired) electrons. The molecule has 0 atom stereocenters. The lowest BCUT2D eigenvalue weighted by Gasteiger charge is -2.11. The van der Waals surface area contributed by atoms with Crippen LogP contribution in [-0.2, 0) is 11.3 Å². The molecular formula is C12H21N3O. The van der Waals surface area contributed by atoms with E-state index in [4.69, 9.17) is 0 Å². The van der Waals surface area contributed by atoms with Gasteiger partial charge in [-0.05, 0) is 13.8 Å². The lowest BCUT2D eigenvalue weighted by Crippen LogP contribution is -2.30. The van der Waals surface area contributed by atoms with Gasteiger partial charge in [0.15, 0.2) is 0 Å². The summed E-state index contributed by atoms with van der Waals surface area (Å²) < 4.78 is 2.05. The fourth-order valence-corrected chi connectivity index (χ4v) is 1.63. The second kappa shape index (κ2) is 5.68. The zero-order valence-electron chi connectivity index (χ0n) is 10.5. The molecule has 16 heavy (non-hydrogen) atoms. The molecule has 4 nitrogen and oxygen atoms in total. The van der Waals surface area contributed by atoms with Crippen molar-refractivity contribution in [2.24, 2.45) is 0 Å². The number of imidazole rings is 1. The molecule has 1 amide bonds. The summed E-state index contributed by atoms with van der Waals surface area (Å²) in [4.78, 5) is 15.8. The summed E-state index contributed by atoms with van der Waals surface area (Å²) >= 11 is 0. The Balaban J connectivity index is 2.48. The van der Waals surface area contributed by atoms with Crippen LogP contribution in [0.5, 0.6) is 0 Å². The molecule has 0 spiro atoms. The first-order valence-electron chi connectivity index (χ1n) is 5.81. The van der Waals surface area contributed by atoms with Crippen molar-refractivity contribution in [3.63, 3.8) is 0 Å². The largest absolute Gasteiger partial charge is 0.354 e. The maximum Gasteiger partial charge on any atom is 0.221 e. The van der Waals surface area contributed by atoms with E-state index in [1.54, 1.807) is 6.20 Å². The van der Waals surface area contributed by atoms with Gasteiger partial charge in [0.1, 0.15) is 5.82 Å². The summed E-state index contributed by atoms with van der Waals surface area (Å²) in [6.07, 6.45) is 4.22. The van der Waals surface area contributed by atoms with Crippen molar-refractivity contribution in [2.75, 3.05) is 0 Å². The fraction of sp³-hybridized carbons (Fsp3) is 0.667. The van der Waals surface area contributed by atoms with Crippen LogP contribution < -0.4 is 5.32 Å². The summed E-state index contributed by atoms with van der Waals surface area (Å²) in [7, 11) is 0. The average Bonchev–Trinajstić information content (AvgIpc) is 2.61. The van der Waals surface area contributed by atoms with Gasteiger partial charge in [-0.15, -0.1) is 0 Å². The van der Waals surface area contributed by atoms with Gasteiger partial charge in [-0.2, -0.15) is 0 Å². The Hall–Kier alpha value is -1.32. The van der Waals surface area contributed by atoms with Crippen molar-refractivity contribution >= 4 is 5.91 Å². The summed E-state index contributed by atoms with van der Waals surface area (Å²) in [6.45, 7) is 8.84. The van der Waals surface area contributed by atoms with Gasteiger partial charge in [0.2, 0.25) is 5.91 Å². The van der Waals surface area contributed by atoms with Gasteiger partial charge in [-0.3, -0.25) is 4.79 Å². The number of aromatic nitrogens is 2. The molecule has 0 saturated heterocycles. The third-order valence-electron chi connectivity index (χ3n) is 2.29. The van der Waals surface area contributed by atoms with Gasteiger partial charge < -0.3 is 9.88 Å². The number of amides is 1. The van der Waals surface area contributed by atoms with Crippen LogP contribution in [0, 0.1) is 0 Å². The summed E-state index contributed by atoms with van der Waals surface area (Å²) in [5, 5.41) is 2.88. The molecule has 0 unspecified atom stereocenters. The number of rotatable bonds is 5. The SMILES string of the molecule is CC(C)NC(=O)CCn1ccnc1C(C)C. The zero-order chi connectivity index (χ0) is 12.1. The fourth-order valence-electron chi connectivity index (χ4n) is 1.63. The van der Waals surface area contributed by atoms with Gasteiger partial charge in [0, 0.05) is 37.3 Å². The first kappa shape index (κ1) is 12.7. The lowest BCUT2D eigenvalue weighted by atomic mass is 10.2. The molecular weight excluding hydrogens is 202 g/mol. The minimum absolute atomic E-state index is 0.0957. The van der Waals surface area contributed by atoms with Crippen molar-refractivity contribution < 1.29 is 4.79 Å². The minimum Gasteiger partial charge on any atom is -0.354 e. The molecule has 0 fully saturated rings. The van der Waals surface area contributed by atoms with Gasteiger partial charge in [-0.25, -0.2) is 4.98 Å². The summed E-state index contributed by atoms with van der Waals surface area (Å²) in [5.74, 6) is 1.53. The van der Waals surface area contributed by atoms with Crippen LogP contribution in [0.3, 0.4) is 0 Å². The molecule has 1 N–H and O–H groups in total. The molecule has 0 saturated carbocycles. The highest BCUT2D eigenvalue weighted by molar-refractivity contribution is 5.76. The molecule has 1 aromatic heterocycles. The van der Waals surface area contributed by atoms with Gasteiger partial charge in [0.25, 0.3) is 0 Å². The van der Waals surface area contributed by atoms with E-state index in [0.29, 0.717) is 18.9 Å². The minimum atomic E-state index is 0.0957. The van der Waals surface area contributed by atoms with Crippen LogP contribution >= 0.6 is 0 Å². The molecule has 0 aliphatic rings. The molecule has 0 aliphatic heterocycles. The van der Waals surface area contributed by atoms with Gasteiger partial charge in [-0.1, -0.05) is 13.8 Å². The van der Waals surface area contributed by atoms with Crippen LogP contribution in [0.2, 0.25) is 0 Å². The van der Waals surface area contributed by atoms with E-state index in [-0.39, 0.29) is 11.9 Å². The predicted molar refractivity (Wildman–Crippen MR) is 64.2 cm³/mol. The second-order valence-electron chi connectivity index (χ2n) is 4.61. The predicted octanol–water partition coefficient (Wildman–Crippen LogP) is 1.92. The van der Waals surface area contributed by atoms with Crippen LogP contribution in [0.4, 0.5) is 0 Å². The molecule has 4 heteroatoms. The van der Waals surface area contributed by atoms with E-state index < -0.39 is 0 Å². The number of nitrogens with one attached hydrogen (secondary N) is 1. The number of aryl methyl sites for hydroxylation is 1. The number of nitrogens with zero attached hydrogens (tertiary/aromatic N) is 2. The lowest BCUT2D eigenvalue weighted by molar-refractivity contribution is -0.121. The monoisotopic (exact) mass is 223 g/mol. The van der Waals surface area contributed by atoms with E-state index in [9.17, 15) is 4.79 Å². The first-order chi connectivity index (χ1) is 7.50. The molecule has 1 rings (SSSR count). The van der Waals surface area contributed by atoms with E-state index in [1.807, 2.05) is 24.6 Å². The van der Waals surface area contributed by atoms with Gasteiger partial charge in [0.05, 0.1) is 0 Å². The number of hydrogen-bond donors (Lipinski definition) is 1. The van der Waals surface area contributed by atoms with Crippen molar-refractivity contribution in [1.29, 1.82) is 0 Å². The Labute approximate surface area is 97.1 Å². The molecule has 1 heterocycles. The highest BCUT2D eigenvalue weighted by Crippen LogP contribution is 2.11. The Kier molecular flexibility index (Phi) is 4.52. The van der Waals surface area contributed by atoms with E-state index in [0.717, 1.165) is 5.82 Å². The van der Waals surface area contributed by atoms with Gasteiger partial charge >= 0.3 is 0 Å². The molecule has 0 aliphatic carbocycles. The molecule has 90 valence electrons. The standard InChI is InChI=1S/C12H21N3O/c1-9(2)12-13-6-8-15(12)7-5-11(16)14-10(3)4/h6,8-10H,5,7H2,1-4H3,(H,14,16). The van der Waals surface area contributed by atoms with Crippen molar-refractivity contribution in [3.8, 4) is 0 Å². The molecule has 0 aromatic carbocycles. The molecule has 1 aromatic rings. The van der Waals surface area contributed by atoms with Crippen molar-refractivity contribution in [2.45, 2.75) is 52.6 Å². The highest BCUT2D eigenvalue weighted by Gasteiger charge is 2.09. The highest BCUT2D eigenvalue weighted by atomic mass is 16.1. The maximum atomic E-state index is 11.5. The van der Waals surface area contributed by atoms with E-state index in [2.05, 4.69) is 24.1 Å². The second-order valence-corrected chi connectivity index (χ2v) is 4.61. The zero-order valence-corrected chi connectivity index (χ0v) is 10.5.